The van der Waals surface area contributed by atoms with Crippen LogP contribution in [0.25, 0.3) is 0 Å². The van der Waals surface area contributed by atoms with E-state index in [4.69, 9.17) is 4.52 Å². The predicted molar refractivity (Wildman–Crippen MR) is 43.0 cm³/mol. The molecule has 0 aliphatic carbocycles. The summed E-state index contributed by atoms with van der Waals surface area (Å²) in [7, 11) is 0. The van der Waals surface area contributed by atoms with Gasteiger partial charge >= 0.3 is 0 Å². The number of carbonyl (C=O) groups excluding carboxylic acids is 1. The third-order valence-electron chi connectivity index (χ3n) is 1.74. The van der Waals surface area contributed by atoms with Gasteiger partial charge in [0.1, 0.15) is 12.0 Å². The van der Waals surface area contributed by atoms with Crippen LogP contribution >= 0.6 is 0 Å². The first-order chi connectivity index (χ1) is 5.65. The minimum Gasteiger partial charge on any atom is -0.383 e. The van der Waals surface area contributed by atoms with E-state index in [1.165, 1.54) is 6.07 Å². The van der Waals surface area contributed by atoms with Crippen LogP contribution in [0.5, 0.6) is 0 Å². The lowest BCUT2D eigenvalue weighted by atomic mass is 9.95. The van der Waals surface area contributed by atoms with Crippen LogP contribution in [0.1, 0.15) is 25.5 Å². The molecule has 0 saturated heterocycles. The van der Waals surface area contributed by atoms with E-state index in [9.17, 15) is 9.59 Å². The quantitative estimate of drug-likeness (QED) is 0.684. The molecule has 0 radical (unpaired) electrons. The number of aromatic amines is 1. The first-order valence-electron chi connectivity index (χ1n) is 3.79. The molecule has 0 aromatic carbocycles. The topological polar surface area (TPSA) is 63.1 Å². The second-order valence-electron chi connectivity index (χ2n) is 3.02. The molecule has 4 nitrogen and oxygen atoms in total. The fourth-order valence-corrected chi connectivity index (χ4v) is 1.01. The average molecular weight is 169 g/mol. The Morgan fingerprint density at radius 2 is 2.25 bits per heavy atom. The van der Waals surface area contributed by atoms with Crippen molar-refractivity contribution in [3.05, 3.63) is 22.2 Å². The van der Waals surface area contributed by atoms with Gasteiger partial charge < -0.3 is 9.32 Å². The minimum atomic E-state index is -0.330. The van der Waals surface area contributed by atoms with Crippen LogP contribution in [0.3, 0.4) is 0 Å². The molecule has 0 spiro atoms. The first-order valence-corrected chi connectivity index (χ1v) is 3.79. The third kappa shape index (κ3) is 1.64. The second kappa shape index (κ2) is 3.38. The summed E-state index contributed by atoms with van der Waals surface area (Å²) in [6, 6.07) is 1.30. The van der Waals surface area contributed by atoms with Crippen LogP contribution in [0, 0.1) is 5.92 Å². The molecular weight excluding hydrogens is 158 g/mol. The van der Waals surface area contributed by atoms with E-state index >= 15 is 0 Å². The SMILES string of the molecule is CC(C)C(C=O)c1cc(=O)[nH]o1. The van der Waals surface area contributed by atoms with Gasteiger partial charge in [-0.1, -0.05) is 13.8 Å². The maximum absolute atomic E-state index is 10.7. The zero-order valence-electron chi connectivity index (χ0n) is 7.03. The second-order valence-corrected chi connectivity index (χ2v) is 3.02. The Labute approximate surface area is 69.5 Å². The van der Waals surface area contributed by atoms with Gasteiger partial charge in [-0.2, -0.15) is 5.16 Å². The maximum atomic E-state index is 10.7. The van der Waals surface area contributed by atoms with Crippen molar-refractivity contribution in [2.45, 2.75) is 19.8 Å². The summed E-state index contributed by atoms with van der Waals surface area (Å²) >= 11 is 0. The van der Waals surface area contributed by atoms with E-state index in [0.29, 0.717) is 5.76 Å². The van der Waals surface area contributed by atoms with Crippen LogP contribution in [-0.2, 0) is 4.79 Å². The highest BCUT2D eigenvalue weighted by Crippen LogP contribution is 2.19. The summed E-state index contributed by atoms with van der Waals surface area (Å²) in [4.78, 5) is 21.2. The number of hydrogen-bond acceptors (Lipinski definition) is 3. The van der Waals surface area contributed by atoms with E-state index in [-0.39, 0.29) is 17.4 Å². The van der Waals surface area contributed by atoms with Gasteiger partial charge in [0.25, 0.3) is 5.56 Å². The predicted octanol–water partition coefficient (Wildman–Crippen LogP) is 0.906. The lowest BCUT2D eigenvalue weighted by molar-refractivity contribution is -0.110. The van der Waals surface area contributed by atoms with Crippen LogP contribution in [-0.4, -0.2) is 11.4 Å². The van der Waals surface area contributed by atoms with E-state index < -0.39 is 0 Å². The number of aldehydes is 1. The van der Waals surface area contributed by atoms with Crippen molar-refractivity contribution in [3.63, 3.8) is 0 Å². The van der Waals surface area contributed by atoms with Gasteiger partial charge in [-0.05, 0) is 5.92 Å². The lowest BCUT2D eigenvalue weighted by Gasteiger charge is -2.08. The molecule has 0 aliphatic rings. The average Bonchev–Trinajstić information content (AvgIpc) is 2.37. The van der Waals surface area contributed by atoms with Gasteiger partial charge in [0, 0.05) is 6.07 Å². The van der Waals surface area contributed by atoms with Crippen molar-refractivity contribution in [1.82, 2.24) is 5.16 Å². The van der Waals surface area contributed by atoms with Crippen molar-refractivity contribution in [2.75, 3.05) is 0 Å². The number of H-pyrrole nitrogens is 1. The Morgan fingerprint density at radius 1 is 1.58 bits per heavy atom. The first kappa shape index (κ1) is 8.77. The number of carbonyl (C=O) groups is 1. The Morgan fingerprint density at radius 3 is 2.58 bits per heavy atom. The Kier molecular flexibility index (Phi) is 2.47. The smallest absolute Gasteiger partial charge is 0.280 e. The fourth-order valence-electron chi connectivity index (χ4n) is 1.01. The van der Waals surface area contributed by atoms with E-state index in [0.717, 1.165) is 6.29 Å². The van der Waals surface area contributed by atoms with Crippen molar-refractivity contribution in [3.8, 4) is 0 Å². The van der Waals surface area contributed by atoms with Crippen LogP contribution < -0.4 is 5.56 Å². The largest absolute Gasteiger partial charge is 0.383 e. The molecule has 4 heteroatoms. The molecule has 1 unspecified atom stereocenters. The monoisotopic (exact) mass is 169 g/mol. The molecule has 0 amide bonds. The zero-order valence-corrected chi connectivity index (χ0v) is 7.03. The molecule has 0 bridgehead atoms. The molecule has 12 heavy (non-hydrogen) atoms. The molecule has 1 N–H and O–H groups in total. The van der Waals surface area contributed by atoms with E-state index in [1.54, 1.807) is 0 Å². The van der Waals surface area contributed by atoms with Gasteiger partial charge in [0.15, 0.2) is 0 Å². The van der Waals surface area contributed by atoms with Gasteiger partial charge in [-0.15, -0.1) is 0 Å². The number of aromatic nitrogens is 1. The fraction of sp³-hybridized carbons (Fsp3) is 0.500. The molecule has 1 aromatic heterocycles. The van der Waals surface area contributed by atoms with Crippen molar-refractivity contribution >= 4 is 6.29 Å². The van der Waals surface area contributed by atoms with Crippen LogP contribution in [0.15, 0.2) is 15.4 Å². The number of hydrogen-bond donors (Lipinski definition) is 1. The van der Waals surface area contributed by atoms with Crippen molar-refractivity contribution < 1.29 is 9.32 Å². The third-order valence-corrected chi connectivity index (χ3v) is 1.74. The molecule has 0 fully saturated rings. The molecule has 1 heterocycles. The van der Waals surface area contributed by atoms with Gasteiger partial charge in [-0.25, -0.2) is 0 Å². The normalized spacial score (nSPS) is 13.2. The molecule has 66 valence electrons. The van der Waals surface area contributed by atoms with Crippen LogP contribution in [0.4, 0.5) is 0 Å². The Hall–Kier alpha value is -1.32. The summed E-state index contributed by atoms with van der Waals surface area (Å²) < 4.78 is 4.81. The molecular formula is C8H11NO3. The highest BCUT2D eigenvalue weighted by atomic mass is 16.5. The highest BCUT2D eigenvalue weighted by molar-refractivity contribution is 5.60. The number of nitrogens with one attached hydrogen (secondary N) is 1. The summed E-state index contributed by atoms with van der Waals surface area (Å²) in [5.41, 5.74) is -0.308. The summed E-state index contributed by atoms with van der Waals surface area (Å²) in [5, 5.41) is 2.15. The number of rotatable bonds is 3. The van der Waals surface area contributed by atoms with Gasteiger partial charge in [-0.3, -0.25) is 4.79 Å². The van der Waals surface area contributed by atoms with Gasteiger partial charge in [0.05, 0.1) is 5.92 Å². The minimum absolute atomic E-state index is 0.140. The Bertz CT molecular complexity index is 310. The van der Waals surface area contributed by atoms with Crippen molar-refractivity contribution in [2.24, 2.45) is 5.92 Å². The molecule has 0 aliphatic heterocycles. The van der Waals surface area contributed by atoms with Gasteiger partial charge in [0.2, 0.25) is 0 Å². The molecule has 1 rings (SSSR count). The molecule has 1 aromatic rings. The Balaban J connectivity index is 2.94. The summed E-state index contributed by atoms with van der Waals surface area (Å²) in [6.45, 7) is 3.79. The zero-order chi connectivity index (χ0) is 9.14. The summed E-state index contributed by atoms with van der Waals surface area (Å²) in [6.07, 6.45) is 0.788. The maximum Gasteiger partial charge on any atom is 0.280 e. The lowest BCUT2D eigenvalue weighted by Crippen LogP contribution is -2.07. The van der Waals surface area contributed by atoms with Crippen molar-refractivity contribution in [1.29, 1.82) is 0 Å². The van der Waals surface area contributed by atoms with Crippen LogP contribution in [0.2, 0.25) is 0 Å². The van der Waals surface area contributed by atoms with E-state index in [1.807, 2.05) is 13.8 Å². The standard InChI is InChI=1S/C8H11NO3/c1-5(2)6(4-10)7-3-8(11)9-12-7/h3-6H,1-2H3,(H,9,11). The van der Waals surface area contributed by atoms with E-state index in [2.05, 4.69) is 5.16 Å². The summed E-state index contributed by atoms with van der Waals surface area (Å²) in [5.74, 6) is 0.218. The molecule has 0 saturated carbocycles. The molecule has 1 atom stereocenters. The highest BCUT2D eigenvalue weighted by Gasteiger charge is 2.18.